The van der Waals surface area contributed by atoms with E-state index < -0.39 is 0 Å². The second-order valence-electron chi connectivity index (χ2n) is 3.31. The van der Waals surface area contributed by atoms with Crippen LogP contribution in [0.15, 0.2) is 23.7 Å². The van der Waals surface area contributed by atoms with Crippen molar-refractivity contribution < 1.29 is 9.50 Å². The van der Waals surface area contributed by atoms with E-state index in [4.69, 9.17) is 0 Å². The monoisotopic (exact) mass is 239 g/mol. The van der Waals surface area contributed by atoms with Crippen molar-refractivity contribution >= 4 is 16.5 Å². The molecule has 1 atom stereocenters. The van der Waals surface area contributed by atoms with Crippen molar-refractivity contribution in [2.75, 3.05) is 5.32 Å². The maximum absolute atomic E-state index is 13.0. The highest BCUT2D eigenvalue weighted by Crippen LogP contribution is 2.27. The number of phenols is 1. The number of nitrogens with zero attached hydrogens (tertiary/aromatic N) is 2. The lowest BCUT2D eigenvalue weighted by Crippen LogP contribution is -2.07. The van der Waals surface area contributed by atoms with E-state index in [0.717, 1.165) is 0 Å². The first kappa shape index (κ1) is 10.8. The number of hydrogen-bond donors (Lipinski definition) is 2. The predicted molar refractivity (Wildman–Crippen MR) is 60.0 cm³/mol. The first-order chi connectivity index (χ1) is 7.66. The summed E-state index contributed by atoms with van der Waals surface area (Å²) < 4.78 is 13.0. The van der Waals surface area contributed by atoms with Gasteiger partial charge in [0.05, 0.1) is 6.04 Å². The number of aromatic nitrogens is 2. The van der Waals surface area contributed by atoms with Gasteiger partial charge in [-0.1, -0.05) is 11.3 Å². The van der Waals surface area contributed by atoms with Gasteiger partial charge in [-0.05, 0) is 25.1 Å². The third-order valence-electron chi connectivity index (χ3n) is 2.16. The Morgan fingerprint density at radius 1 is 1.50 bits per heavy atom. The Balaban J connectivity index is 2.20. The summed E-state index contributed by atoms with van der Waals surface area (Å²) in [5, 5.41) is 20.7. The first-order valence-corrected chi connectivity index (χ1v) is 5.56. The van der Waals surface area contributed by atoms with E-state index in [-0.39, 0.29) is 17.6 Å². The highest BCUT2D eigenvalue weighted by atomic mass is 32.1. The molecule has 6 heteroatoms. The molecule has 84 valence electrons. The molecule has 0 aliphatic rings. The van der Waals surface area contributed by atoms with E-state index in [1.54, 1.807) is 5.51 Å². The number of halogens is 1. The summed E-state index contributed by atoms with van der Waals surface area (Å²) in [5.74, 6) is -0.315. The zero-order valence-corrected chi connectivity index (χ0v) is 9.33. The molecule has 2 N–H and O–H groups in total. The summed E-state index contributed by atoms with van der Waals surface area (Å²) in [4.78, 5) is 0. The topological polar surface area (TPSA) is 58.0 Å². The van der Waals surface area contributed by atoms with Crippen LogP contribution in [0.25, 0.3) is 0 Å². The second kappa shape index (κ2) is 4.44. The summed E-state index contributed by atoms with van der Waals surface area (Å²) in [7, 11) is 0. The van der Waals surface area contributed by atoms with Crippen molar-refractivity contribution in [2.45, 2.75) is 13.0 Å². The fraction of sp³-hybridized carbons (Fsp3) is 0.200. The lowest BCUT2D eigenvalue weighted by atomic mass is 10.1. The molecule has 0 aliphatic carbocycles. The van der Waals surface area contributed by atoms with Crippen LogP contribution in [0.3, 0.4) is 0 Å². The molecule has 0 spiro atoms. The van der Waals surface area contributed by atoms with Crippen LogP contribution in [0.5, 0.6) is 5.75 Å². The van der Waals surface area contributed by atoms with E-state index in [9.17, 15) is 9.50 Å². The van der Waals surface area contributed by atoms with Gasteiger partial charge in [0.2, 0.25) is 5.13 Å². The molecule has 1 heterocycles. The minimum absolute atomic E-state index is 0.0610. The van der Waals surface area contributed by atoms with Gasteiger partial charge in [0.25, 0.3) is 0 Å². The molecule has 0 fully saturated rings. The number of nitrogens with one attached hydrogen (secondary N) is 1. The van der Waals surface area contributed by atoms with E-state index in [1.807, 2.05) is 6.92 Å². The quantitative estimate of drug-likeness (QED) is 0.864. The standard InChI is InChI=1S/C10H10FN3OS/c1-6(13-10-14-12-5-16-10)8-4-7(11)2-3-9(8)15/h2-6,15H,1H3,(H,13,14). The molecule has 2 aromatic rings. The largest absolute Gasteiger partial charge is 0.508 e. The second-order valence-corrected chi connectivity index (χ2v) is 4.15. The number of rotatable bonds is 3. The molecule has 0 amide bonds. The molecule has 0 saturated carbocycles. The van der Waals surface area contributed by atoms with Crippen molar-refractivity contribution in [1.29, 1.82) is 0 Å². The predicted octanol–water partition coefficient (Wildman–Crippen LogP) is 2.56. The summed E-state index contributed by atoms with van der Waals surface area (Å²) in [5.41, 5.74) is 2.09. The van der Waals surface area contributed by atoms with Gasteiger partial charge in [0.15, 0.2) is 0 Å². The molecular weight excluding hydrogens is 229 g/mol. The van der Waals surface area contributed by atoms with Crippen molar-refractivity contribution in [1.82, 2.24) is 10.2 Å². The average molecular weight is 239 g/mol. The number of aromatic hydroxyl groups is 1. The van der Waals surface area contributed by atoms with E-state index >= 15 is 0 Å². The van der Waals surface area contributed by atoms with Crippen LogP contribution in [0.4, 0.5) is 9.52 Å². The normalized spacial score (nSPS) is 12.4. The Morgan fingerprint density at radius 3 is 3.00 bits per heavy atom. The zero-order valence-electron chi connectivity index (χ0n) is 8.51. The summed E-state index contributed by atoms with van der Waals surface area (Å²) in [6, 6.07) is 3.62. The zero-order chi connectivity index (χ0) is 11.5. The summed E-state index contributed by atoms with van der Waals surface area (Å²) >= 11 is 1.35. The van der Waals surface area contributed by atoms with E-state index in [1.165, 1.54) is 29.5 Å². The highest BCUT2D eigenvalue weighted by molar-refractivity contribution is 7.13. The third-order valence-corrected chi connectivity index (χ3v) is 2.78. The number of benzene rings is 1. The van der Waals surface area contributed by atoms with E-state index in [0.29, 0.717) is 10.7 Å². The molecule has 1 unspecified atom stereocenters. The average Bonchev–Trinajstić information content (AvgIpc) is 2.74. The number of hydrogen-bond acceptors (Lipinski definition) is 5. The fourth-order valence-electron chi connectivity index (χ4n) is 1.37. The SMILES string of the molecule is CC(Nc1nncs1)c1cc(F)ccc1O. The smallest absolute Gasteiger partial charge is 0.205 e. The van der Waals surface area contributed by atoms with Gasteiger partial charge in [-0.2, -0.15) is 0 Å². The van der Waals surface area contributed by atoms with Gasteiger partial charge in [0, 0.05) is 5.56 Å². The molecule has 16 heavy (non-hydrogen) atoms. The third kappa shape index (κ3) is 2.27. The van der Waals surface area contributed by atoms with Gasteiger partial charge in [-0.25, -0.2) is 4.39 Å². The molecule has 0 bridgehead atoms. The minimum atomic E-state index is -0.376. The van der Waals surface area contributed by atoms with Crippen molar-refractivity contribution in [3.05, 3.63) is 35.1 Å². The van der Waals surface area contributed by atoms with Crippen LogP contribution < -0.4 is 5.32 Å². The van der Waals surface area contributed by atoms with Crippen LogP contribution in [-0.2, 0) is 0 Å². The van der Waals surface area contributed by atoms with Gasteiger partial charge in [0.1, 0.15) is 17.1 Å². The van der Waals surface area contributed by atoms with Crippen LogP contribution >= 0.6 is 11.3 Å². The maximum atomic E-state index is 13.0. The van der Waals surface area contributed by atoms with Gasteiger partial charge in [-0.3, -0.25) is 0 Å². The van der Waals surface area contributed by atoms with Gasteiger partial charge >= 0.3 is 0 Å². The van der Waals surface area contributed by atoms with Crippen LogP contribution in [0, 0.1) is 5.82 Å². The van der Waals surface area contributed by atoms with Gasteiger partial charge in [-0.15, -0.1) is 10.2 Å². The fourth-order valence-corrected chi connectivity index (χ4v) is 1.90. The molecule has 2 rings (SSSR count). The molecule has 1 aromatic heterocycles. The molecular formula is C10H10FN3OS. The van der Waals surface area contributed by atoms with Crippen molar-refractivity contribution in [3.63, 3.8) is 0 Å². The van der Waals surface area contributed by atoms with Gasteiger partial charge < -0.3 is 10.4 Å². The lowest BCUT2D eigenvalue weighted by molar-refractivity contribution is 0.462. The Labute approximate surface area is 95.8 Å². The molecule has 4 nitrogen and oxygen atoms in total. The maximum Gasteiger partial charge on any atom is 0.205 e. The van der Waals surface area contributed by atoms with Crippen LogP contribution in [0.1, 0.15) is 18.5 Å². The Kier molecular flexibility index (Phi) is 3.00. The molecule has 1 aromatic carbocycles. The Hall–Kier alpha value is -1.69. The molecule has 0 radical (unpaired) electrons. The number of anilines is 1. The minimum Gasteiger partial charge on any atom is -0.508 e. The molecule has 0 saturated heterocycles. The Bertz CT molecular complexity index is 475. The van der Waals surface area contributed by atoms with Crippen LogP contribution in [-0.4, -0.2) is 15.3 Å². The van der Waals surface area contributed by atoms with Crippen molar-refractivity contribution in [2.24, 2.45) is 0 Å². The van der Waals surface area contributed by atoms with Crippen molar-refractivity contribution in [3.8, 4) is 5.75 Å². The van der Waals surface area contributed by atoms with Crippen LogP contribution in [0.2, 0.25) is 0 Å². The first-order valence-electron chi connectivity index (χ1n) is 4.68. The number of phenolic OH excluding ortho intramolecular Hbond substituents is 1. The van der Waals surface area contributed by atoms with E-state index in [2.05, 4.69) is 15.5 Å². The Morgan fingerprint density at radius 2 is 2.31 bits per heavy atom. The summed E-state index contributed by atoms with van der Waals surface area (Å²) in [6.45, 7) is 1.82. The highest BCUT2D eigenvalue weighted by Gasteiger charge is 2.12. The molecule has 0 aliphatic heterocycles. The lowest BCUT2D eigenvalue weighted by Gasteiger charge is -2.14. The summed E-state index contributed by atoms with van der Waals surface area (Å²) in [6.07, 6.45) is 0.